The fourth-order valence-corrected chi connectivity index (χ4v) is 2.20. The summed E-state index contributed by atoms with van der Waals surface area (Å²) in [7, 11) is 3.85. The van der Waals surface area contributed by atoms with Gasteiger partial charge in [0.25, 0.3) is 5.91 Å². The Morgan fingerprint density at radius 1 is 1.59 bits per heavy atom. The third kappa shape index (κ3) is 4.19. The second-order valence-corrected chi connectivity index (χ2v) is 5.96. The van der Waals surface area contributed by atoms with Crippen molar-refractivity contribution in [3.05, 3.63) is 23.8 Å². The lowest BCUT2D eigenvalue weighted by Gasteiger charge is -2.15. The number of amides is 1. The largest absolute Gasteiger partial charge is 0.381 e. The van der Waals surface area contributed by atoms with Crippen molar-refractivity contribution in [1.29, 1.82) is 5.26 Å². The van der Waals surface area contributed by atoms with Gasteiger partial charge in [-0.2, -0.15) is 5.26 Å². The molecule has 1 aromatic carbocycles. The number of nitrogens with zero attached hydrogens (tertiary/aromatic N) is 3. The summed E-state index contributed by atoms with van der Waals surface area (Å²) in [6.07, 6.45) is -0.245. The highest BCUT2D eigenvalue weighted by Crippen LogP contribution is 2.21. The van der Waals surface area contributed by atoms with Crippen LogP contribution in [0.25, 0.3) is 0 Å². The first-order chi connectivity index (χ1) is 10.5. The van der Waals surface area contributed by atoms with Crippen molar-refractivity contribution in [2.24, 2.45) is 5.16 Å². The van der Waals surface area contributed by atoms with Crippen molar-refractivity contribution < 1.29 is 9.63 Å². The molecule has 7 nitrogen and oxygen atoms in total. The summed E-state index contributed by atoms with van der Waals surface area (Å²) in [5, 5.41) is 18.8. The smallest absolute Gasteiger partial charge is 0.268 e. The molecule has 0 radical (unpaired) electrons. The summed E-state index contributed by atoms with van der Waals surface area (Å²) in [6.45, 7) is 0.613. The van der Waals surface area contributed by atoms with Crippen molar-refractivity contribution in [2.45, 2.75) is 12.5 Å². The molecule has 22 heavy (non-hydrogen) atoms. The predicted octanol–water partition coefficient (Wildman–Crippen LogP) is 1.93. The molecule has 8 heteroatoms. The molecule has 2 N–H and O–H groups in total. The first-order valence-corrected chi connectivity index (χ1v) is 7.40. The van der Waals surface area contributed by atoms with Gasteiger partial charge in [0.1, 0.15) is 10.7 Å². The summed E-state index contributed by atoms with van der Waals surface area (Å²) >= 11 is 3.18. The van der Waals surface area contributed by atoms with E-state index < -0.39 is 6.10 Å². The molecule has 1 unspecified atom stereocenters. The Kier molecular flexibility index (Phi) is 5.35. The summed E-state index contributed by atoms with van der Waals surface area (Å²) < 4.78 is 0.605. The van der Waals surface area contributed by atoms with E-state index in [1.165, 1.54) is 0 Å². The highest BCUT2D eigenvalue weighted by atomic mass is 79.9. The first kappa shape index (κ1) is 16.3. The van der Waals surface area contributed by atoms with Crippen molar-refractivity contribution in [3.63, 3.8) is 0 Å². The number of halogens is 1. The van der Waals surface area contributed by atoms with E-state index in [4.69, 9.17) is 4.84 Å². The van der Waals surface area contributed by atoms with Crippen molar-refractivity contribution >= 4 is 37.8 Å². The number of nitrogens with one attached hydrogen (secondary N) is 2. The van der Waals surface area contributed by atoms with Crippen LogP contribution in [0.15, 0.2) is 23.4 Å². The van der Waals surface area contributed by atoms with Crippen LogP contribution in [0.4, 0.5) is 11.4 Å². The normalized spacial score (nSPS) is 16.7. The van der Waals surface area contributed by atoms with Gasteiger partial charge in [0.05, 0.1) is 17.9 Å². The number of hydrogen-bond donors (Lipinski definition) is 2. The molecule has 1 amide bonds. The second kappa shape index (κ2) is 7.24. The Morgan fingerprint density at radius 3 is 2.95 bits per heavy atom. The lowest BCUT2D eigenvalue weighted by atomic mass is 10.1. The van der Waals surface area contributed by atoms with E-state index in [0.717, 1.165) is 5.69 Å². The molecule has 0 aliphatic carbocycles. The van der Waals surface area contributed by atoms with Crippen molar-refractivity contribution in [2.75, 3.05) is 31.4 Å². The van der Waals surface area contributed by atoms with Gasteiger partial charge in [-0.15, -0.1) is 0 Å². The fraction of sp³-hybridized carbons (Fsp3) is 0.357. The lowest BCUT2D eigenvalue weighted by molar-refractivity contribution is -0.125. The lowest BCUT2D eigenvalue weighted by Crippen LogP contribution is -2.27. The van der Waals surface area contributed by atoms with E-state index in [2.05, 4.69) is 37.8 Å². The van der Waals surface area contributed by atoms with Crippen LogP contribution in [0.2, 0.25) is 0 Å². The number of anilines is 2. The molecule has 116 valence electrons. The Labute approximate surface area is 137 Å². The molecule has 0 saturated heterocycles. The second-order valence-electron chi connectivity index (χ2n) is 5.04. The van der Waals surface area contributed by atoms with Gasteiger partial charge >= 0.3 is 0 Å². The van der Waals surface area contributed by atoms with Gasteiger partial charge in [0, 0.05) is 12.1 Å². The zero-order chi connectivity index (χ0) is 16.1. The molecule has 1 aliphatic heterocycles. The van der Waals surface area contributed by atoms with E-state index in [1.54, 1.807) is 18.2 Å². The number of oxime groups is 1. The average molecular weight is 366 g/mol. The first-order valence-electron chi connectivity index (χ1n) is 6.61. The van der Waals surface area contributed by atoms with Crippen LogP contribution in [0.1, 0.15) is 12.0 Å². The maximum absolute atomic E-state index is 12.0. The summed E-state index contributed by atoms with van der Waals surface area (Å²) in [5.74, 6) is -0.295. The minimum absolute atomic E-state index is 0.295. The molecular weight excluding hydrogens is 350 g/mol. The Bertz CT molecular complexity index is 639. The van der Waals surface area contributed by atoms with Gasteiger partial charge in [-0.05, 0) is 48.2 Å². The molecule has 1 aliphatic rings. The van der Waals surface area contributed by atoms with E-state index in [9.17, 15) is 10.1 Å². The van der Waals surface area contributed by atoms with Gasteiger partial charge in [-0.25, -0.2) is 0 Å². The molecule has 2 rings (SSSR count). The number of carbonyl (C=O) groups excluding carboxylic acids is 1. The van der Waals surface area contributed by atoms with Crippen LogP contribution in [0.5, 0.6) is 0 Å². The van der Waals surface area contributed by atoms with Crippen LogP contribution in [0, 0.1) is 11.3 Å². The summed E-state index contributed by atoms with van der Waals surface area (Å²) in [4.78, 5) is 19.0. The maximum Gasteiger partial charge on any atom is 0.268 e. The number of carbonyl (C=O) groups is 1. The molecule has 1 aromatic rings. The van der Waals surface area contributed by atoms with Gasteiger partial charge in [-0.1, -0.05) is 5.16 Å². The number of nitriles is 1. The number of rotatable bonds is 5. The number of hydrogen-bond acceptors (Lipinski definition) is 6. The quantitative estimate of drug-likeness (QED) is 0.778. The van der Waals surface area contributed by atoms with Gasteiger partial charge in [-0.3, -0.25) is 9.69 Å². The Hall–Kier alpha value is -2.11. The standard InChI is InChI=1S/C14H16BrN5O2/c1-20(2)8-17-11-4-3-10(5-9(11)7-16)18-14(21)12-6-13(15)19-22-12/h3-5,12,17H,6,8H2,1-2H3,(H,18,21). The predicted molar refractivity (Wildman–Crippen MR) is 87.8 cm³/mol. The highest BCUT2D eigenvalue weighted by Gasteiger charge is 2.27. The van der Waals surface area contributed by atoms with Crippen LogP contribution in [0.3, 0.4) is 0 Å². The summed E-state index contributed by atoms with van der Waals surface area (Å²) in [5.41, 5.74) is 1.73. The van der Waals surface area contributed by atoms with Crippen LogP contribution in [-0.2, 0) is 9.63 Å². The maximum atomic E-state index is 12.0. The number of benzene rings is 1. The van der Waals surface area contributed by atoms with Gasteiger partial charge < -0.3 is 15.5 Å². The molecule has 1 atom stereocenters. The monoisotopic (exact) mass is 365 g/mol. The average Bonchev–Trinajstić information content (AvgIpc) is 2.92. The fourth-order valence-electron chi connectivity index (χ4n) is 1.82. The minimum Gasteiger partial charge on any atom is -0.381 e. The molecule has 0 bridgehead atoms. The highest BCUT2D eigenvalue weighted by molar-refractivity contribution is 9.18. The van der Waals surface area contributed by atoms with Crippen LogP contribution in [-0.4, -0.2) is 42.3 Å². The Morgan fingerprint density at radius 2 is 2.36 bits per heavy atom. The van der Waals surface area contributed by atoms with Crippen LogP contribution >= 0.6 is 15.9 Å². The van der Waals surface area contributed by atoms with Crippen LogP contribution < -0.4 is 10.6 Å². The third-order valence-electron chi connectivity index (χ3n) is 2.92. The van der Waals surface area contributed by atoms with E-state index in [1.807, 2.05) is 19.0 Å². The SMILES string of the molecule is CN(C)CNc1ccc(NC(=O)C2CC(Br)=NO2)cc1C#N. The van der Waals surface area contributed by atoms with E-state index in [0.29, 0.717) is 29.0 Å². The Balaban J connectivity index is 2.03. The summed E-state index contributed by atoms with van der Waals surface area (Å²) in [6, 6.07) is 7.24. The van der Waals surface area contributed by atoms with E-state index >= 15 is 0 Å². The third-order valence-corrected chi connectivity index (χ3v) is 3.39. The molecular formula is C14H16BrN5O2. The molecule has 0 spiro atoms. The van der Waals surface area contributed by atoms with Crippen molar-refractivity contribution in [3.8, 4) is 6.07 Å². The molecule has 1 heterocycles. The zero-order valence-electron chi connectivity index (χ0n) is 12.3. The van der Waals surface area contributed by atoms with Gasteiger partial charge in [0.2, 0.25) is 6.10 Å². The zero-order valence-corrected chi connectivity index (χ0v) is 13.8. The molecule has 0 fully saturated rings. The van der Waals surface area contributed by atoms with E-state index in [-0.39, 0.29) is 5.91 Å². The van der Waals surface area contributed by atoms with Gasteiger partial charge in [0.15, 0.2) is 0 Å². The molecule has 0 aromatic heterocycles. The topological polar surface area (TPSA) is 89.8 Å². The minimum atomic E-state index is -0.647. The van der Waals surface area contributed by atoms with Crippen molar-refractivity contribution in [1.82, 2.24) is 4.90 Å². The molecule has 0 saturated carbocycles.